The van der Waals surface area contributed by atoms with Crippen LogP contribution in [0.5, 0.6) is 0 Å². The first kappa shape index (κ1) is 17.7. The molecular formula is C18H18N4O4. The van der Waals surface area contributed by atoms with E-state index in [-0.39, 0.29) is 11.4 Å². The summed E-state index contributed by atoms with van der Waals surface area (Å²) in [6, 6.07) is 15.8. The maximum atomic E-state index is 12.6. The third-order valence-corrected chi connectivity index (χ3v) is 3.74. The predicted molar refractivity (Wildman–Crippen MR) is 95.1 cm³/mol. The van der Waals surface area contributed by atoms with E-state index < -0.39 is 24.7 Å². The average molecular weight is 354 g/mol. The van der Waals surface area contributed by atoms with Gasteiger partial charge in [-0.05, 0) is 24.3 Å². The quantitative estimate of drug-likeness (QED) is 0.414. The van der Waals surface area contributed by atoms with Crippen LogP contribution in [0, 0.1) is 0 Å². The molecule has 0 saturated heterocycles. The van der Waals surface area contributed by atoms with Crippen LogP contribution in [0.1, 0.15) is 22.3 Å². The highest BCUT2D eigenvalue weighted by atomic mass is 16.4. The van der Waals surface area contributed by atoms with Gasteiger partial charge in [0.05, 0.1) is 23.3 Å². The van der Waals surface area contributed by atoms with Crippen molar-refractivity contribution in [3.05, 3.63) is 66.0 Å². The molecular weight excluding hydrogens is 336 g/mol. The first-order valence-corrected chi connectivity index (χ1v) is 7.95. The van der Waals surface area contributed by atoms with Crippen molar-refractivity contribution in [2.45, 2.75) is 12.2 Å². The molecule has 0 saturated carbocycles. The average Bonchev–Trinajstić information content (AvgIpc) is 2.70. The van der Waals surface area contributed by atoms with Crippen molar-refractivity contribution >= 4 is 22.6 Å². The van der Waals surface area contributed by atoms with Crippen LogP contribution >= 0.6 is 0 Å². The zero-order valence-electron chi connectivity index (χ0n) is 13.7. The Morgan fingerprint density at radius 1 is 0.962 bits per heavy atom. The maximum Gasteiger partial charge on any atom is 0.290 e. The van der Waals surface area contributed by atoms with Gasteiger partial charge in [-0.2, -0.15) is 0 Å². The zero-order valence-corrected chi connectivity index (χ0v) is 13.7. The van der Waals surface area contributed by atoms with Gasteiger partial charge in [0.2, 0.25) is 0 Å². The van der Waals surface area contributed by atoms with Crippen LogP contribution in [0.2, 0.25) is 0 Å². The number of aliphatic hydroxyl groups excluding tert-OH is 3. The minimum atomic E-state index is -1.56. The first-order valence-electron chi connectivity index (χ1n) is 7.95. The van der Waals surface area contributed by atoms with Crippen LogP contribution in [0.25, 0.3) is 11.0 Å². The fourth-order valence-corrected chi connectivity index (χ4v) is 2.38. The molecule has 134 valence electrons. The number of hydrogen-bond acceptors (Lipinski definition) is 7. The number of benzene rings is 2. The number of anilines is 1. The summed E-state index contributed by atoms with van der Waals surface area (Å²) in [5.74, 6) is -0.633. The monoisotopic (exact) mass is 354 g/mol. The Labute approximate surface area is 149 Å². The van der Waals surface area contributed by atoms with Crippen molar-refractivity contribution in [2.75, 3.05) is 12.0 Å². The van der Waals surface area contributed by atoms with E-state index in [4.69, 9.17) is 5.11 Å². The fourth-order valence-electron chi connectivity index (χ4n) is 2.38. The summed E-state index contributed by atoms with van der Waals surface area (Å²) >= 11 is 0. The molecule has 5 N–H and O–H groups in total. The van der Waals surface area contributed by atoms with E-state index in [9.17, 15) is 15.0 Å². The van der Waals surface area contributed by atoms with Crippen LogP contribution in [0.3, 0.4) is 0 Å². The highest BCUT2D eigenvalue weighted by molar-refractivity contribution is 5.96. The lowest BCUT2D eigenvalue weighted by molar-refractivity contribution is -0.0176. The molecule has 0 spiro atoms. The van der Waals surface area contributed by atoms with Gasteiger partial charge in [-0.3, -0.25) is 15.6 Å². The minimum Gasteiger partial charge on any atom is -0.394 e. The normalized spacial score (nSPS) is 13.2. The van der Waals surface area contributed by atoms with Gasteiger partial charge < -0.3 is 15.3 Å². The molecule has 0 bridgehead atoms. The molecule has 0 unspecified atom stereocenters. The zero-order chi connectivity index (χ0) is 18.5. The highest BCUT2D eigenvalue weighted by Gasteiger charge is 2.27. The number of rotatable bonds is 6. The van der Waals surface area contributed by atoms with Crippen LogP contribution < -0.4 is 10.9 Å². The minimum absolute atomic E-state index is 0.113. The summed E-state index contributed by atoms with van der Waals surface area (Å²) in [4.78, 5) is 21.1. The number of fused-ring (bicyclic) bond motifs is 1. The molecule has 2 atom stereocenters. The summed E-state index contributed by atoms with van der Waals surface area (Å²) < 4.78 is 0. The number of nitrogens with one attached hydrogen (secondary N) is 2. The summed E-state index contributed by atoms with van der Waals surface area (Å²) in [6.07, 6.45) is -3.05. The molecule has 0 radical (unpaired) electrons. The Kier molecular flexibility index (Phi) is 5.37. The molecule has 3 rings (SSSR count). The van der Waals surface area contributed by atoms with Gasteiger partial charge in [0, 0.05) is 0 Å². The molecule has 0 aliphatic rings. The fraction of sp³-hybridized carbons (Fsp3) is 0.167. The first-order chi connectivity index (χ1) is 12.6. The van der Waals surface area contributed by atoms with Gasteiger partial charge >= 0.3 is 0 Å². The van der Waals surface area contributed by atoms with E-state index in [2.05, 4.69) is 20.8 Å². The second kappa shape index (κ2) is 7.87. The van der Waals surface area contributed by atoms with Crippen LogP contribution in [0.15, 0.2) is 54.6 Å². The van der Waals surface area contributed by atoms with E-state index in [1.54, 1.807) is 48.5 Å². The standard InChI is InChI=1S/C18H18N4O4/c23-10-14(24)17(25)15-16(20-13-9-5-4-8-12(13)19-15)18(26)22-21-11-6-2-1-3-7-11/h1-9,14,17,21,23-25H,10H2,(H,22,26)/t14-,17-/m1/s1. The topological polar surface area (TPSA) is 128 Å². The number of amides is 1. The maximum absolute atomic E-state index is 12.6. The van der Waals surface area contributed by atoms with Crippen molar-refractivity contribution < 1.29 is 20.1 Å². The van der Waals surface area contributed by atoms with Gasteiger partial charge in [-0.25, -0.2) is 9.97 Å². The SMILES string of the molecule is O=C(NNc1ccccc1)c1nc2ccccc2nc1[C@H](O)[C@H](O)CO. The van der Waals surface area contributed by atoms with E-state index in [1.807, 2.05) is 6.07 Å². The number of aromatic nitrogens is 2. The summed E-state index contributed by atoms with van der Waals surface area (Å²) in [6.45, 7) is -0.682. The van der Waals surface area contributed by atoms with E-state index in [1.165, 1.54) is 0 Å². The molecule has 8 heteroatoms. The molecule has 26 heavy (non-hydrogen) atoms. The number of para-hydroxylation sites is 3. The largest absolute Gasteiger partial charge is 0.394 e. The van der Waals surface area contributed by atoms with Crippen molar-refractivity contribution in [3.8, 4) is 0 Å². The number of aliphatic hydroxyl groups is 3. The van der Waals surface area contributed by atoms with Crippen LogP contribution in [0.4, 0.5) is 5.69 Å². The number of hydrazine groups is 1. The Morgan fingerprint density at radius 3 is 2.23 bits per heavy atom. The number of carbonyl (C=O) groups is 1. The molecule has 0 aliphatic carbocycles. The van der Waals surface area contributed by atoms with Gasteiger partial charge in [-0.15, -0.1) is 0 Å². The van der Waals surface area contributed by atoms with E-state index in [0.29, 0.717) is 16.7 Å². The molecule has 3 aromatic rings. The Balaban J connectivity index is 1.95. The summed E-state index contributed by atoms with van der Waals surface area (Å²) in [5, 5.41) is 29.1. The van der Waals surface area contributed by atoms with Gasteiger partial charge in [0.25, 0.3) is 5.91 Å². The lowest BCUT2D eigenvalue weighted by atomic mass is 10.1. The second-order valence-corrected chi connectivity index (χ2v) is 5.59. The Bertz CT molecular complexity index is 904. The molecule has 1 amide bonds. The van der Waals surface area contributed by atoms with E-state index >= 15 is 0 Å². The Hall–Kier alpha value is -3.07. The molecule has 1 aromatic heterocycles. The molecule has 0 aliphatic heterocycles. The van der Waals surface area contributed by atoms with Crippen molar-refractivity contribution in [1.82, 2.24) is 15.4 Å². The molecule has 8 nitrogen and oxygen atoms in total. The van der Waals surface area contributed by atoms with Crippen LogP contribution in [-0.2, 0) is 0 Å². The summed E-state index contributed by atoms with van der Waals surface area (Å²) in [5.41, 5.74) is 6.55. The van der Waals surface area contributed by atoms with Crippen molar-refractivity contribution in [1.29, 1.82) is 0 Å². The lowest BCUT2D eigenvalue weighted by Crippen LogP contribution is -2.33. The number of nitrogens with zero attached hydrogens (tertiary/aromatic N) is 2. The Morgan fingerprint density at radius 2 is 1.58 bits per heavy atom. The summed E-state index contributed by atoms with van der Waals surface area (Å²) in [7, 11) is 0. The lowest BCUT2D eigenvalue weighted by Gasteiger charge is -2.18. The van der Waals surface area contributed by atoms with Gasteiger partial charge in [0.15, 0.2) is 5.69 Å². The number of carbonyl (C=O) groups excluding carboxylic acids is 1. The molecule has 2 aromatic carbocycles. The smallest absolute Gasteiger partial charge is 0.290 e. The molecule has 1 heterocycles. The van der Waals surface area contributed by atoms with Gasteiger partial charge in [0.1, 0.15) is 17.9 Å². The van der Waals surface area contributed by atoms with Crippen molar-refractivity contribution in [2.24, 2.45) is 0 Å². The van der Waals surface area contributed by atoms with Gasteiger partial charge in [-0.1, -0.05) is 30.3 Å². The number of hydrogen-bond donors (Lipinski definition) is 5. The molecule has 0 fully saturated rings. The highest BCUT2D eigenvalue weighted by Crippen LogP contribution is 2.21. The third kappa shape index (κ3) is 3.77. The predicted octanol–water partition coefficient (Wildman–Crippen LogP) is 0.773. The third-order valence-electron chi connectivity index (χ3n) is 3.74. The second-order valence-electron chi connectivity index (χ2n) is 5.59. The van der Waals surface area contributed by atoms with E-state index in [0.717, 1.165) is 0 Å². The van der Waals surface area contributed by atoms with Crippen LogP contribution in [-0.4, -0.2) is 43.9 Å². The van der Waals surface area contributed by atoms with Crippen molar-refractivity contribution in [3.63, 3.8) is 0 Å².